The van der Waals surface area contributed by atoms with Gasteiger partial charge in [0.25, 0.3) is 0 Å². The van der Waals surface area contributed by atoms with Crippen molar-refractivity contribution in [3.8, 4) is 0 Å². The SMILES string of the molecule is CC(=O)c1cc(F)ccc1N(C)CC1CCCCC1. The zero-order chi connectivity index (χ0) is 13.8. The van der Waals surface area contributed by atoms with Crippen LogP contribution in [0, 0.1) is 11.7 Å². The second-order valence-corrected chi connectivity index (χ2v) is 5.60. The smallest absolute Gasteiger partial charge is 0.161 e. The van der Waals surface area contributed by atoms with Gasteiger partial charge in [0.1, 0.15) is 5.82 Å². The van der Waals surface area contributed by atoms with Crippen LogP contribution in [-0.4, -0.2) is 19.4 Å². The standard InChI is InChI=1S/C16H22FNO/c1-12(19)15-10-14(17)8-9-16(15)18(2)11-13-6-4-3-5-7-13/h8-10,13H,3-7,11H2,1-2H3. The van der Waals surface area contributed by atoms with Crippen molar-refractivity contribution in [2.24, 2.45) is 5.92 Å². The predicted octanol–water partition coefficient (Wildman–Crippen LogP) is 4.04. The maximum atomic E-state index is 13.3. The fraction of sp³-hybridized carbons (Fsp3) is 0.562. The molecule has 1 aromatic carbocycles. The van der Waals surface area contributed by atoms with E-state index < -0.39 is 0 Å². The summed E-state index contributed by atoms with van der Waals surface area (Å²) in [5.41, 5.74) is 1.33. The number of hydrogen-bond donors (Lipinski definition) is 0. The Morgan fingerprint density at radius 1 is 1.32 bits per heavy atom. The number of anilines is 1. The molecule has 1 fully saturated rings. The minimum Gasteiger partial charge on any atom is -0.374 e. The van der Waals surface area contributed by atoms with Gasteiger partial charge in [-0.25, -0.2) is 4.39 Å². The highest BCUT2D eigenvalue weighted by Crippen LogP contribution is 2.27. The molecule has 0 bridgehead atoms. The highest BCUT2D eigenvalue weighted by molar-refractivity contribution is 5.99. The van der Waals surface area contributed by atoms with Crippen LogP contribution in [0.5, 0.6) is 0 Å². The van der Waals surface area contributed by atoms with Crippen LogP contribution < -0.4 is 4.90 Å². The van der Waals surface area contributed by atoms with E-state index in [1.54, 1.807) is 6.07 Å². The average molecular weight is 263 g/mol. The number of rotatable bonds is 4. The number of benzene rings is 1. The zero-order valence-corrected chi connectivity index (χ0v) is 11.8. The third-order valence-electron chi connectivity index (χ3n) is 4.01. The molecule has 1 saturated carbocycles. The lowest BCUT2D eigenvalue weighted by atomic mass is 9.89. The van der Waals surface area contributed by atoms with E-state index in [2.05, 4.69) is 4.90 Å². The lowest BCUT2D eigenvalue weighted by Crippen LogP contribution is -2.28. The van der Waals surface area contributed by atoms with E-state index in [4.69, 9.17) is 0 Å². The van der Waals surface area contributed by atoms with E-state index in [1.165, 1.54) is 51.2 Å². The largest absolute Gasteiger partial charge is 0.374 e. The first-order chi connectivity index (χ1) is 9.08. The first kappa shape index (κ1) is 14.0. The molecular weight excluding hydrogens is 241 g/mol. The van der Waals surface area contributed by atoms with E-state index in [-0.39, 0.29) is 11.6 Å². The summed E-state index contributed by atoms with van der Waals surface area (Å²) in [5, 5.41) is 0. The molecule has 0 N–H and O–H groups in total. The van der Waals surface area contributed by atoms with Crippen LogP contribution in [0.4, 0.5) is 10.1 Å². The number of Topliss-reactive ketones (excluding diaryl/α,β-unsaturated/α-hetero) is 1. The molecule has 0 unspecified atom stereocenters. The minimum absolute atomic E-state index is 0.0787. The predicted molar refractivity (Wildman–Crippen MR) is 76.2 cm³/mol. The third-order valence-corrected chi connectivity index (χ3v) is 4.01. The van der Waals surface area contributed by atoms with Crippen molar-refractivity contribution >= 4 is 11.5 Å². The number of ketones is 1. The monoisotopic (exact) mass is 263 g/mol. The first-order valence-corrected chi connectivity index (χ1v) is 7.09. The zero-order valence-electron chi connectivity index (χ0n) is 11.8. The Labute approximate surface area is 114 Å². The molecule has 0 atom stereocenters. The van der Waals surface area contributed by atoms with Crippen LogP contribution in [0.3, 0.4) is 0 Å². The van der Waals surface area contributed by atoms with Gasteiger partial charge in [-0.2, -0.15) is 0 Å². The van der Waals surface area contributed by atoms with E-state index in [0.29, 0.717) is 11.5 Å². The van der Waals surface area contributed by atoms with Crippen molar-refractivity contribution in [2.75, 3.05) is 18.5 Å². The van der Waals surface area contributed by atoms with Crippen LogP contribution >= 0.6 is 0 Å². The first-order valence-electron chi connectivity index (χ1n) is 7.09. The highest BCUT2D eigenvalue weighted by Gasteiger charge is 2.18. The summed E-state index contributed by atoms with van der Waals surface area (Å²) in [6.07, 6.45) is 6.49. The Balaban J connectivity index is 2.13. The van der Waals surface area contributed by atoms with Crippen LogP contribution in [0.15, 0.2) is 18.2 Å². The van der Waals surface area contributed by atoms with Gasteiger partial charge in [0, 0.05) is 24.8 Å². The van der Waals surface area contributed by atoms with E-state index in [0.717, 1.165) is 12.2 Å². The second-order valence-electron chi connectivity index (χ2n) is 5.60. The van der Waals surface area contributed by atoms with E-state index in [1.807, 2.05) is 7.05 Å². The van der Waals surface area contributed by atoms with Crippen LogP contribution in [0.2, 0.25) is 0 Å². The van der Waals surface area contributed by atoms with Crippen LogP contribution in [0.1, 0.15) is 49.4 Å². The average Bonchev–Trinajstić information content (AvgIpc) is 2.39. The van der Waals surface area contributed by atoms with Gasteiger partial charge in [0.2, 0.25) is 0 Å². The Morgan fingerprint density at radius 2 is 2.00 bits per heavy atom. The van der Waals surface area contributed by atoms with Crippen molar-refractivity contribution in [3.05, 3.63) is 29.6 Å². The molecule has 2 rings (SSSR count). The Bertz CT molecular complexity index is 452. The lowest BCUT2D eigenvalue weighted by molar-refractivity contribution is 0.101. The summed E-state index contributed by atoms with van der Waals surface area (Å²) in [6.45, 7) is 2.44. The normalized spacial score (nSPS) is 16.4. The maximum absolute atomic E-state index is 13.3. The van der Waals surface area contributed by atoms with Crippen molar-refractivity contribution in [3.63, 3.8) is 0 Å². The van der Waals surface area contributed by atoms with Crippen LogP contribution in [0.25, 0.3) is 0 Å². The molecular formula is C16H22FNO. The van der Waals surface area contributed by atoms with Crippen molar-refractivity contribution < 1.29 is 9.18 Å². The molecule has 3 heteroatoms. The van der Waals surface area contributed by atoms with E-state index in [9.17, 15) is 9.18 Å². The molecule has 1 aliphatic rings. The molecule has 0 aromatic heterocycles. The maximum Gasteiger partial charge on any atom is 0.161 e. The summed E-state index contributed by atoms with van der Waals surface area (Å²) < 4.78 is 13.3. The van der Waals surface area contributed by atoms with Gasteiger partial charge >= 0.3 is 0 Å². The molecule has 1 aliphatic carbocycles. The van der Waals surface area contributed by atoms with Gasteiger partial charge in [-0.05, 0) is 43.9 Å². The number of hydrogen-bond acceptors (Lipinski definition) is 2. The van der Waals surface area contributed by atoms with Gasteiger partial charge in [-0.15, -0.1) is 0 Å². The number of carbonyl (C=O) groups excluding carboxylic acids is 1. The molecule has 0 heterocycles. The molecule has 0 radical (unpaired) electrons. The molecule has 104 valence electrons. The Kier molecular flexibility index (Phi) is 4.56. The van der Waals surface area contributed by atoms with Gasteiger partial charge in [-0.1, -0.05) is 19.3 Å². The van der Waals surface area contributed by atoms with Crippen LogP contribution in [-0.2, 0) is 0 Å². The Morgan fingerprint density at radius 3 is 2.63 bits per heavy atom. The molecule has 2 nitrogen and oxygen atoms in total. The van der Waals surface area contributed by atoms with Crippen molar-refractivity contribution in [1.29, 1.82) is 0 Å². The summed E-state index contributed by atoms with van der Waals surface area (Å²) in [4.78, 5) is 13.7. The fourth-order valence-corrected chi connectivity index (χ4v) is 2.98. The molecule has 19 heavy (non-hydrogen) atoms. The van der Waals surface area contributed by atoms with Gasteiger partial charge in [0.05, 0.1) is 0 Å². The van der Waals surface area contributed by atoms with E-state index >= 15 is 0 Å². The lowest BCUT2D eigenvalue weighted by Gasteiger charge is -2.29. The van der Waals surface area contributed by atoms with Crippen molar-refractivity contribution in [1.82, 2.24) is 0 Å². The van der Waals surface area contributed by atoms with Gasteiger partial charge < -0.3 is 4.90 Å². The molecule has 0 amide bonds. The summed E-state index contributed by atoms with van der Waals surface area (Å²) in [7, 11) is 1.99. The second kappa shape index (κ2) is 6.18. The Hall–Kier alpha value is -1.38. The highest BCUT2D eigenvalue weighted by atomic mass is 19.1. The minimum atomic E-state index is -0.347. The summed E-state index contributed by atoms with van der Waals surface area (Å²) >= 11 is 0. The summed E-state index contributed by atoms with van der Waals surface area (Å²) in [5.74, 6) is 0.272. The molecule has 0 saturated heterocycles. The quantitative estimate of drug-likeness (QED) is 0.764. The fourth-order valence-electron chi connectivity index (χ4n) is 2.98. The van der Waals surface area contributed by atoms with Gasteiger partial charge in [0.15, 0.2) is 5.78 Å². The summed E-state index contributed by atoms with van der Waals surface area (Å²) in [6, 6.07) is 4.49. The molecule has 1 aromatic rings. The third kappa shape index (κ3) is 3.55. The number of halogens is 1. The molecule has 0 spiro atoms. The van der Waals surface area contributed by atoms with Crippen molar-refractivity contribution in [2.45, 2.75) is 39.0 Å². The molecule has 0 aliphatic heterocycles. The topological polar surface area (TPSA) is 20.3 Å². The number of carbonyl (C=O) groups is 1. The van der Waals surface area contributed by atoms with Gasteiger partial charge in [-0.3, -0.25) is 4.79 Å². The number of nitrogens with zero attached hydrogens (tertiary/aromatic N) is 1.